The zero-order chi connectivity index (χ0) is 14.5. The molecule has 1 unspecified atom stereocenters. The highest BCUT2D eigenvalue weighted by atomic mass is 35.5. The van der Waals surface area contributed by atoms with Gasteiger partial charge in [0, 0.05) is 18.5 Å². The van der Waals surface area contributed by atoms with Crippen LogP contribution in [0.2, 0.25) is 5.15 Å². The van der Waals surface area contributed by atoms with E-state index in [0.717, 1.165) is 42.9 Å². The van der Waals surface area contributed by atoms with Crippen molar-refractivity contribution in [1.29, 1.82) is 0 Å². The largest absolute Gasteiger partial charge is 0.388 e. The quantitative estimate of drug-likeness (QED) is 0.754. The minimum atomic E-state index is -0.733. The molecule has 1 atom stereocenters. The lowest BCUT2D eigenvalue weighted by Crippen LogP contribution is -2.33. The van der Waals surface area contributed by atoms with Crippen LogP contribution in [0.25, 0.3) is 0 Å². The highest BCUT2D eigenvalue weighted by molar-refractivity contribution is 6.30. The Balaban J connectivity index is 2.82. The zero-order valence-electron chi connectivity index (χ0n) is 12.3. The molecule has 4 nitrogen and oxygen atoms in total. The van der Waals surface area contributed by atoms with E-state index in [2.05, 4.69) is 29.1 Å². The van der Waals surface area contributed by atoms with Gasteiger partial charge in [-0.25, -0.2) is 9.97 Å². The Morgan fingerprint density at radius 3 is 2.53 bits per heavy atom. The second-order valence-electron chi connectivity index (χ2n) is 5.25. The first-order valence-electron chi connectivity index (χ1n) is 6.89. The lowest BCUT2D eigenvalue weighted by atomic mass is 10.0. The molecule has 0 saturated heterocycles. The first-order chi connectivity index (χ1) is 8.89. The summed E-state index contributed by atoms with van der Waals surface area (Å²) in [7, 11) is 0. The molecule has 1 heterocycles. The third kappa shape index (κ3) is 4.96. The zero-order valence-corrected chi connectivity index (χ0v) is 13.0. The van der Waals surface area contributed by atoms with E-state index in [9.17, 15) is 5.11 Å². The molecule has 0 saturated carbocycles. The minimum Gasteiger partial charge on any atom is -0.388 e. The predicted molar refractivity (Wildman–Crippen MR) is 79.8 cm³/mol. The first kappa shape index (κ1) is 16.2. The van der Waals surface area contributed by atoms with Crippen molar-refractivity contribution >= 4 is 17.4 Å². The highest BCUT2D eigenvalue weighted by Crippen LogP contribution is 2.21. The fourth-order valence-electron chi connectivity index (χ4n) is 1.94. The summed E-state index contributed by atoms with van der Waals surface area (Å²) in [6, 6.07) is 0. The summed E-state index contributed by atoms with van der Waals surface area (Å²) >= 11 is 6.11. The Labute approximate surface area is 120 Å². The van der Waals surface area contributed by atoms with Crippen LogP contribution in [0, 0.1) is 6.92 Å². The molecule has 108 valence electrons. The van der Waals surface area contributed by atoms with Crippen LogP contribution in [0.4, 0.5) is 5.82 Å². The molecule has 0 fully saturated rings. The molecule has 2 N–H and O–H groups in total. The van der Waals surface area contributed by atoms with Crippen molar-refractivity contribution in [3.63, 3.8) is 0 Å². The van der Waals surface area contributed by atoms with E-state index in [-0.39, 0.29) is 0 Å². The molecule has 5 heteroatoms. The van der Waals surface area contributed by atoms with Crippen LogP contribution in [0.1, 0.15) is 51.4 Å². The van der Waals surface area contributed by atoms with Crippen LogP contribution >= 0.6 is 11.6 Å². The average Bonchev–Trinajstić information content (AvgIpc) is 2.32. The van der Waals surface area contributed by atoms with Crippen molar-refractivity contribution < 1.29 is 5.11 Å². The van der Waals surface area contributed by atoms with Crippen molar-refractivity contribution in [2.75, 3.05) is 11.9 Å². The van der Waals surface area contributed by atoms with E-state index in [0.29, 0.717) is 11.7 Å². The second-order valence-corrected chi connectivity index (χ2v) is 5.61. The third-order valence-electron chi connectivity index (χ3n) is 3.03. The SMILES string of the molecule is CCCc1nc(Cl)c(C)c(NCC(C)(O)CCC)n1. The maximum Gasteiger partial charge on any atom is 0.137 e. The standard InChI is InChI=1S/C14H24ClN3O/c1-5-7-11-17-12(15)10(3)13(18-11)16-9-14(4,19)8-6-2/h19H,5-9H2,1-4H3,(H,16,17,18). The lowest BCUT2D eigenvalue weighted by Gasteiger charge is -2.24. The van der Waals surface area contributed by atoms with Gasteiger partial charge in [-0.1, -0.05) is 31.9 Å². The number of aromatic nitrogens is 2. The Morgan fingerprint density at radius 2 is 1.95 bits per heavy atom. The normalized spacial score (nSPS) is 14.2. The molecule has 1 aromatic rings. The fourth-order valence-corrected chi connectivity index (χ4v) is 2.13. The number of aliphatic hydroxyl groups is 1. The van der Waals surface area contributed by atoms with E-state index in [1.54, 1.807) is 0 Å². The summed E-state index contributed by atoms with van der Waals surface area (Å²) < 4.78 is 0. The topological polar surface area (TPSA) is 58.0 Å². The van der Waals surface area contributed by atoms with Gasteiger partial charge in [-0.3, -0.25) is 0 Å². The van der Waals surface area contributed by atoms with Gasteiger partial charge in [0.1, 0.15) is 16.8 Å². The first-order valence-corrected chi connectivity index (χ1v) is 7.26. The molecule has 0 aliphatic heterocycles. The smallest absolute Gasteiger partial charge is 0.137 e. The number of anilines is 1. The molecular formula is C14H24ClN3O. The van der Waals surface area contributed by atoms with Gasteiger partial charge in [-0.05, 0) is 26.7 Å². The van der Waals surface area contributed by atoms with Crippen LogP contribution in [0.5, 0.6) is 0 Å². The van der Waals surface area contributed by atoms with Crippen LogP contribution < -0.4 is 5.32 Å². The van der Waals surface area contributed by atoms with Gasteiger partial charge in [0.25, 0.3) is 0 Å². The van der Waals surface area contributed by atoms with Crippen molar-refractivity contribution in [2.45, 2.75) is 59.0 Å². The van der Waals surface area contributed by atoms with Gasteiger partial charge >= 0.3 is 0 Å². The minimum absolute atomic E-state index is 0.459. The van der Waals surface area contributed by atoms with E-state index < -0.39 is 5.60 Å². The molecule has 1 aromatic heterocycles. The van der Waals surface area contributed by atoms with Crippen molar-refractivity contribution in [1.82, 2.24) is 9.97 Å². The molecular weight excluding hydrogens is 262 g/mol. The Kier molecular flexibility index (Phi) is 6.01. The molecule has 0 aliphatic carbocycles. The van der Waals surface area contributed by atoms with Gasteiger partial charge in [0.05, 0.1) is 5.60 Å². The van der Waals surface area contributed by atoms with Gasteiger partial charge < -0.3 is 10.4 Å². The number of rotatable bonds is 7. The number of hydrogen-bond acceptors (Lipinski definition) is 4. The molecule has 0 spiro atoms. The van der Waals surface area contributed by atoms with Crippen LogP contribution in [-0.2, 0) is 6.42 Å². The van der Waals surface area contributed by atoms with Crippen molar-refractivity contribution in [3.8, 4) is 0 Å². The fraction of sp³-hybridized carbons (Fsp3) is 0.714. The maximum atomic E-state index is 10.2. The van der Waals surface area contributed by atoms with Gasteiger partial charge in [0.15, 0.2) is 0 Å². The molecule has 0 bridgehead atoms. The molecule has 0 radical (unpaired) electrons. The lowest BCUT2D eigenvalue weighted by molar-refractivity contribution is 0.0636. The maximum absolute atomic E-state index is 10.2. The summed E-state index contributed by atoms with van der Waals surface area (Å²) in [5, 5.41) is 13.8. The highest BCUT2D eigenvalue weighted by Gasteiger charge is 2.20. The molecule has 0 aromatic carbocycles. The van der Waals surface area contributed by atoms with Gasteiger partial charge in [-0.15, -0.1) is 0 Å². The molecule has 0 aliphatic rings. The Hall–Kier alpha value is -0.870. The summed E-state index contributed by atoms with van der Waals surface area (Å²) in [4.78, 5) is 8.72. The molecule has 1 rings (SSSR count). The molecule has 19 heavy (non-hydrogen) atoms. The van der Waals surface area contributed by atoms with Gasteiger partial charge in [0.2, 0.25) is 0 Å². The summed E-state index contributed by atoms with van der Waals surface area (Å²) in [5.74, 6) is 1.47. The Bertz CT molecular complexity index is 421. The van der Waals surface area contributed by atoms with Crippen LogP contribution in [0.3, 0.4) is 0 Å². The van der Waals surface area contributed by atoms with Crippen LogP contribution in [0.15, 0.2) is 0 Å². The van der Waals surface area contributed by atoms with E-state index in [1.165, 1.54) is 0 Å². The van der Waals surface area contributed by atoms with Gasteiger partial charge in [-0.2, -0.15) is 0 Å². The van der Waals surface area contributed by atoms with Crippen LogP contribution in [-0.4, -0.2) is 27.2 Å². The van der Waals surface area contributed by atoms with Crippen molar-refractivity contribution in [2.24, 2.45) is 0 Å². The molecule has 0 amide bonds. The number of nitrogens with zero attached hydrogens (tertiary/aromatic N) is 2. The second kappa shape index (κ2) is 7.06. The summed E-state index contributed by atoms with van der Waals surface area (Å²) in [5.41, 5.74) is 0.0950. The average molecular weight is 286 g/mol. The van der Waals surface area contributed by atoms with Crippen molar-refractivity contribution in [3.05, 3.63) is 16.5 Å². The predicted octanol–water partition coefficient (Wildman–Crippen LogP) is 3.35. The monoisotopic (exact) mass is 285 g/mol. The third-order valence-corrected chi connectivity index (χ3v) is 3.40. The number of nitrogens with one attached hydrogen (secondary N) is 1. The Morgan fingerprint density at radius 1 is 1.26 bits per heavy atom. The number of halogens is 1. The number of aryl methyl sites for hydroxylation is 1. The van der Waals surface area contributed by atoms with E-state index in [4.69, 9.17) is 11.6 Å². The van der Waals surface area contributed by atoms with E-state index in [1.807, 2.05) is 13.8 Å². The summed E-state index contributed by atoms with van der Waals surface area (Å²) in [6.07, 6.45) is 3.48. The van der Waals surface area contributed by atoms with E-state index >= 15 is 0 Å². The number of hydrogen-bond donors (Lipinski definition) is 2. The summed E-state index contributed by atoms with van der Waals surface area (Å²) in [6.45, 7) is 8.31.